The number of carboxylic acids is 1. The molecule has 0 radical (unpaired) electrons. The van der Waals surface area contributed by atoms with E-state index in [0.717, 1.165) is 12.8 Å². The van der Waals surface area contributed by atoms with Gasteiger partial charge in [-0.15, -0.1) is 11.8 Å². The molecule has 5 nitrogen and oxygen atoms in total. The van der Waals surface area contributed by atoms with E-state index < -0.39 is 12.0 Å². The van der Waals surface area contributed by atoms with Crippen LogP contribution in [0.1, 0.15) is 19.8 Å². The molecule has 0 bridgehead atoms. The van der Waals surface area contributed by atoms with Crippen LogP contribution in [0.15, 0.2) is 0 Å². The monoisotopic (exact) mass is 290 g/mol. The molecule has 18 heavy (non-hydrogen) atoms. The van der Waals surface area contributed by atoms with Crippen molar-refractivity contribution in [2.45, 2.75) is 35.9 Å². The van der Waals surface area contributed by atoms with Crippen LogP contribution in [-0.2, 0) is 4.79 Å². The summed E-state index contributed by atoms with van der Waals surface area (Å²) in [5.41, 5.74) is 0. The van der Waals surface area contributed by atoms with Gasteiger partial charge in [-0.1, -0.05) is 0 Å². The zero-order valence-electron chi connectivity index (χ0n) is 10.5. The second kappa shape index (κ2) is 5.21. The Morgan fingerprint density at radius 3 is 2.72 bits per heavy atom. The van der Waals surface area contributed by atoms with Crippen LogP contribution in [0.3, 0.4) is 0 Å². The number of nitrogens with one attached hydrogen (secondary N) is 1. The molecule has 2 fully saturated rings. The van der Waals surface area contributed by atoms with Gasteiger partial charge >= 0.3 is 12.0 Å². The predicted molar refractivity (Wildman–Crippen MR) is 74.1 cm³/mol. The molecule has 7 heteroatoms. The van der Waals surface area contributed by atoms with Crippen LogP contribution in [0.4, 0.5) is 4.79 Å². The van der Waals surface area contributed by atoms with Gasteiger partial charge < -0.3 is 10.4 Å². The summed E-state index contributed by atoms with van der Waals surface area (Å²) in [7, 11) is 0. The number of rotatable bonds is 4. The van der Waals surface area contributed by atoms with Crippen molar-refractivity contribution in [3.05, 3.63) is 0 Å². The van der Waals surface area contributed by atoms with Crippen molar-refractivity contribution < 1.29 is 14.7 Å². The van der Waals surface area contributed by atoms with E-state index in [0.29, 0.717) is 12.3 Å². The van der Waals surface area contributed by atoms with Crippen LogP contribution >= 0.6 is 23.5 Å². The Kier molecular flexibility index (Phi) is 4.01. The molecule has 1 aliphatic carbocycles. The first-order chi connectivity index (χ1) is 8.49. The average molecular weight is 290 g/mol. The summed E-state index contributed by atoms with van der Waals surface area (Å²) < 4.78 is 0.199. The number of urea groups is 1. The van der Waals surface area contributed by atoms with Crippen molar-refractivity contribution in [1.82, 2.24) is 10.2 Å². The SMILES string of the molecule is CSC1(CNC(=O)N2C(C)SCC2C(=O)O)CC1. The summed E-state index contributed by atoms with van der Waals surface area (Å²) >= 11 is 3.28. The lowest BCUT2D eigenvalue weighted by Gasteiger charge is -2.26. The lowest BCUT2D eigenvalue weighted by molar-refractivity contribution is -0.141. The molecule has 102 valence electrons. The smallest absolute Gasteiger partial charge is 0.327 e. The van der Waals surface area contributed by atoms with Crippen LogP contribution in [0.2, 0.25) is 0 Å². The third kappa shape index (κ3) is 2.71. The second-order valence-corrected chi connectivity index (χ2v) is 7.36. The number of thioether (sulfide) groups is 2. The molecule has 0 aromatic rings. The number of carboxylic acid groups (broad SMARTS) is 1. The summed E-state index contributed by atoms with van der Waals surface area (Å²) in [5.74, 6) is -0.453. The highest BCUT2D eigenvalue weighted by atomic mass is 32.2. The van der Waals surface area contributed by atoms with Crippen LogP contribution < -0.4 is 5.32 Å². The minimum atomic E-state index is -0.923. The Morgan fingerprint density at radius 2 is 2.22 bits per heavy atom. The first kappa shape index (κ1) is 13.9. The zero-order chi connectivity index (χ0) is 13.3. The van der Waals surface area contributed by atoms with Crippen LogP contribution in [0.25, 0.3) is 0 Å². The summed E-state index contributed by atoms with van der Waals surface area (Å²) in [6.45, 7) is 2.50. The molecule has 2 amide bonds. The number of carbonyl (C=O) groups excluding carboxylic acids is 1. The normalized spacial score (nSPS) is 29.1. The number of hydrogen-bond acceptors (Lipinski definition) is 4. The van der Waals surface area contributed by atoms with E-state index >= 15 is 0 Å². The molecule has 2 N–H and O–H groups in total. The molecule has 1 saturated carbocycles. The summed E-state index contributed by atoms with van der Waals surface area (Å²) in [6.07, 6.45) is 4.30. The Labute approximate surface area is 115 Å². The van der Waals surface area contributed by atoms with Crippen molar-refractivity contribution >= 4 is 35.5 Å². The fraction of sp³-hybridized carbons (Fsp3) is 0.818. The topological polar surface area (TPSA) is 69.6 Å². The highest BCUT2D eigenvalue weighted by molar-refractivity contribution is 8.00. The molecule has 2 atom stereocenters. The third-order valence-corrected chi connectivity index (χ3v) is 6.18. The zero-order valence-corrected chi connectivity index (χ0v) is 12.1. The van der Waals surface area contributed by atoms with Crippen LogP contribution in [0, 0.1) is 0 Å². The first-order valence-corrected chi connectivity index (χ1v) is 8.22. The maximum Gasteiger partial charge on any atom is 0.327 e. The van der Waals surface area contributed by atoms with E-state index in [1.54, 1.807) is 11.8 Å². The molecule has 1 aliphatic heterocycles. The van der Waals surface area contributed by atoms with Gasteiger partial charge in [0.25, 0.3) is 0 Å². The van der Waals surface area contributed by atoms with Crippen molar-refractivity contribution in [2.75, 3.05) is 18.6 Å². The number of hydrogen-bond donors (Lipinski definition) is 2. The van der Waals surface area contributed by atoms with Gasteiger partial charge in [0.1, 0.15) is 6.04 Å². The van der Waals surface area contributed by atoms with Crippen molar-refractivity contribution in [3.63, 3.8) is 0 Å². The van der Waals surface area contributed by atoms with E-state index in [1.165, 1.54) is 16.7 Å². The van der Waals surface area contributed by atoms with Gasteiger partial charge in [-0.25, -0.2) is 9.59 Å². The van der Waals surface area contributed by atoms with Gasteiger partial charge in [0.15, 0.2) is 0 Å². The second-order valence-electron chi connectivity index (χ2n) is 4.74. The fourth-order valence-corrected chi connectivity index (χ4v) is 3.96. The van der Waals surface area contributed by atoms with E-state index in [2.05, 4.69) is 5.32 Å². The molecule has 2 rings (SSSR count). The van der Waals surface area contributed by atoms with Crippen molar-refractivity contribution in [3.8, 4) is 0 Å². The van der Waals surface area contributed by atoms with E-state index in [9.17, 15) is 9.59 Å². The molecular formula is C11H18N2O3S2. The third-order valence-electron chi connectivity index (χ3n) is 3.54. The lowest BCUT2D eigenvalue weighted by Crippen LogP contribution is -2.50. The van der Waals surface area contributed by atoms with Gasteiger partial charge in [0.05, 0.1) is 5.37 Å². The maximum atomic E-state index is 12.1. The number of carbonyl (C=O) groups is 2. The quantitative estimate of drug-likeness (QED) is 0.820. The van der Waals surface area contributed by atoms with E-state index in [-0.39, 0.29) is 16.2 Å². The molecular weight excluding hydrogens is 272 g/mol. The van der Waals surface area contributed by atoms with Gasteiger partial charge in [-0.3, -0.25) is 4.90 Å². The van der Waals surface area contributed by atoms with Gasteiger partial charge in [-0.05, 0) is 26.0 Å². The Hall–Kier alpha value is -0.560. The molecule has 2 aliphatic rings. The fourth-order valence-electron chi connectivity index (χ4n) is 2.06. The Bertz CT molecular complexity index is 360. The molecule has 2 unspecified atom stereocenters. The number of nitrogens with zero attached hydrogens (tertiary/aromatic N) is 1. The van der Waals surface area contributed by atoms with Crippen molar-refractivity contribution in [2.24, 2.45) is 0 Å². The number of aliphatic carboxylic acids is 1. The lowest BCUT2D eigenvalue weighted by atomic mass is 10.3. The molecule has 0 spiro atoms. The minimum Gasteiger partial charge on any atom is -0.480 e. The highest BCUT2D eigenvalue weighted by Gasteiger charge is 2.44. The van der Waals surface area contributed by atoms with Crippen LogP contribution in [0.5, 0.6) is 0 Å². The van der Waals surface area contributed by atoms with Crippen molar-refractivity contribution in [1.29, 1.82) is 0 Å². The van der Waals surface area contributed by atoms with Gasteiger partial charge in [-0.2, -0.15) is 11.8 Å². The first-order valence-electron chi connectivity index (χ1n) is 5.95. The average Bonchev–Trinajstić information content (AvgIpc) is 3.02. The predicted octanol–water partition coefficient (Wildman–Crippen LogP) is 1.44. The molecule has 1 heterocycles. The van der Waals surface area contributed by atoms with Gasteiger partial charge in [0, 0.05) is 17.0 Å². The number of amides is 2. The van der Waals surface area contributed by atoms with E-state index in [4.69, 9.17) is 5.11 Å². The summed E-state index contributed by atoms with van der Waals surface area (Å²) in [5, 5.41) is 11.9. The molecule has 1 saturated heterocycles. The largest absolute Gasteiger partial charge is 0.480 e. The van der Waals surface area contributed by atoms with Gasteiger partial charge in [0.2, 0.25) is 0 Å². The standard InChI is InChI=1S/C11H18N2O3S2/c1-7-13(8(5-18-7)9(14)15)10(16)12-6-11(17-2)3-4-11/h7-8H,3-6H2,1-2H3,(H,12,16)(H,14,15). The molecule has 0 aromatic heterocycles. The summed E-state index contributed by atoms with van der Waals surface area (Å²) in [6, 6.07) is -0.949. The Morgan fingerprint density at radius 1 is 1.56 bits per heavy atom. The van der Waals surface area contributed by atoms with Crippen LogP contribution in [-0.4, -0.2) is 56.7 Å². The maximum absolute atomic E-state index is 12.1. The summed E-state index contributed by atoms with van der Waals surface area (Å²) in [4.78, 5) is 24.6. The minimum absolute atomic E-state index is 0.0736. The molecule has 0 aromatic carbocycles. The van der Waals surface area contributed by atoms with E-state index in [1.807, 2.05) is 13.2 Å². The highest BCUT2D eigenvalue weighted by Crippen LogP contribution is 2.46. The Balaban J connectivity index is 1.92.